The lowest BCUT2D eigenvalue weighted by molar-refractivity contribution is -0.146. The van der Waals surface area contributed by atoms with Crippen LogP contribution in [0.15, 0.2) is 30.3 Å². The van der Waals surface area contributed by atoms with Gasteiger partial charge in [0.05, 0.1) is 25.3 Å². The number of likely N-dealkylation sites (tertiary alicyclic amines) is 1. The van der Waals surface area contributed by atoms with Crippen molar-refractivity contribution in [2.75, 3.05) is 13.2 Å². The molecule has 6 atom stereocenters. The van der Waals surface area contributed by atoms with Crippen LogP contribution < -0.4 is 21.7 Å². The first kappa shape index (κ1) is 37.8. The summed E-state index contributed by atoms with van der Waals surface area (Å²) in [5.41, 5.74) is 5.44. The molecular weight excluding hydrogens is 634 g/mol. The van der Waals surface area contributed by atoms with E-state index in [4.69, 9.17) is 10.5 Å². The molecule has 5 amide bonds. The maximum Gasteiger partial charge on any atom is 0.315 e. The number of urea groups is 1. The van der Waals surface area contributed by atoms with Crippen LogP contribution >= 0.6 is 0 Å². The Morgan fingerprint density at radius 1 is 0.940 bits per heavy atom. The third kappa shape index (κ3) is 8.35. The number of nitrogens with one attached hydrogen (secondary N) is 3. The van der Waals surface area contributed by atoms with Crippen molar-refractivity contribution in [3.05, 3.63) is 35.9 Å². The number of nitrogens with zero attached hydrogens (tertiary/aromatic N) is 1. The fraction of sp³-hybridized carbons (Fsp3) is 0.718. The third-order valence-corrected chi connectivity index (χ3v) is 12.4. The maximum atomic E-state index is 14.8. The van der Waals surface area contributed by atoms with E-state index < -0.39 is 47.2 Å². The highest BCUT2D eigenvalue weighted by Gasteiger charge is 2.70. The van der Waals surface area contributed by atoms with Crippen molar-refractivity contribution in [2.45, 2.75) is 130 Å². The Morgan fingerprint density at radius 3 is 2.18 bits per heavy atom. The van der Waals surface area contributed by atoms with Gasteiger partial charge in [-0.25, -0.2) is 4.79 Å². The summed E-state index contributed by atoms with van der Waals surface area (Å²) in [6, 6.07) is 6.38. The van der Waals surface area contributed by atoms with E-state index in [2.05, 4.69) is 36.7 Å². The first-order chi connectivity index (χ1) is 23.5. The van der Waals surface area contributed by atoms with Crippen molar-refractivity contribution < 1.29 is 28.7 Å². The van der Waals surface area contributed by atoms with Gasteiger partial charge in [0.15, 0.2) is 0 Å². The monoisotopic (exact) mass is 693 g/mol. The minimum absolute atomic E-state index is 0.0971. The van der Waals surface area contributed by atoms with Crippen molar-refractivity contribution >= 4 is 29.5 Å². The second-order valence-corrected chi connectivity index (χ2v) is 17.4. The number of amides is 5. The number of Topliss-reactive ketones (excluding diaryl/α,β-unsaturated/α-hetero) is 1. The van der Waals surface area contributed by atoms with Crippen molar-refractivity contribution in [3.63, 3.8) is 0 Å². The van der Waals surface area contributed by atoms with Crippen LogP contribution in [0.3, 0.4) is 0 Å². The van der Waals surface area contributed by atoms with Crippen molar-refractivity contribution in [2.24, 2.45) is 39.7 Å². The molecule has 1 aromatic rings. The van der Waals surface area contributed by atoms with Crippen LogP contribution in [-0.2, 0) is 30.5 Å². The van der Waals surface area contributed by atoms with Gasteiger partial charge in [0, 0.05) is 6.54 Å². The van der Waals surface area contributed by atoms with E-state index in [1.807, 2.05) is 51.1 Å². The molecule has 1 saturated heterocycles. The maximum absolute atomic E-state index is 14.8. The standard InChI is InChI=1S/C39H59N5O6/c1-37(2,3)28(23-50-22-25-14-9-7-10-15-25)42-36(49)43-32(39(6)18-11-8-12-19-39)35(48)44-21-26-29(38(26,4)5)30(44)34(47)41-27(31(45)33(40)46)20-24-16-13-17-24/h7,9-10,14-15,24,26-30,32H,8,11-13,16-23H2,1-6H3,(H2,40,46)(H,41,47)(H2,42,43,49)/t26-,27?,28-,29-,30-,32+/m0/s1. The fourth-order valence-electron chi connectivity index (χ4n) is 8.59. The van der Waals surface area contributed by atoms with Crippen LogP contribution in [-0.4, -0.2) is 71.8 Å². The zero-order valence-electron chi connectivity index (χ0n) is 30.9. The summed E-state index contributed by atoms with van der Waals surface area (Å²) >= 11 is 0. The molecule has 0 spiro atoms. The quantitative estimate of drug-likeness (QED) is 0.211. The number of hydrogen-bond donors (Lipinski definition) is 4. The molecule has 50 heavy (non-hydrogen) atoms. The topological polar surface area (TPSA) is 160 Å². The molecule has 4 aliphatic rings. The summed E-state index contributed by atoms with van der Waals surface area (Å²) in [5, 5.41) is 9.07. The van der Waals surface area contributed by atoms with Crippen LogP contribution in [0.2, 0.25) is 0 Å². The third-order valence-electron chi connectivity index (χ3n) is 12.4. The van der Waals surface area contributed by atoms with Gasteiger partial charge in [-0.3, -0.25) is 19.2 Å². The minimum Gasteiger partial charge on any atom is -0.375 e. The number of nitrogens with two attached hydrogens (primary N) is 1. The Hall–Kier alpha value is -3.47. The van der Waals surface area contributed by atoms with Gasteiger partial charge in [0.25, 0.3) is 5.91 Å². The second kappa shape index (κ2) is 15.0. The number of primary amides is 1. The van der Waals surface area contributed by atoms with E-state index in [1.54, 1.807) is 4.90 Å². The van der Waals surface area contributed by atoms with Gasteiger partial charge in [-0.15, -0.1) is 0 Å². The molecule has 1 heterocycles. The predicted octanol–water partition coefficient (Wildman–Crippen LogP) is 4.47. The SMILES string of the molecule is CC(C)(C)[C@H](COCc1ccccc1)NC(=O)N[C@H](C(=O)N1C[C@H]2[C@@H]([C@H]1C(=O)NC(CC1CCC1)C(=O)C(N)=O)C2(C)C)C1(C)CCCCC1. The molecule has 11 heteroatoms. The van der Waals surface area contributed by atoms with Crippen molar-refractivity contribution in [1.82, 2.24) is 20.9 Å². The Morgan fingerprint density at radius 2 is 1.60 bits per heavy atom. The lowest BCUT2D eigenvalue weighted by Crippen LogP contribution is -2.63. The van der Waals surface area contributed by atoms with Crippen LogP contribution in [0.1, 0.15) is 105 Å². The lowest BCUT2D eigenvalue weighted by Gasteiger charge is -2.43. The Kier molecular flexibility index (Phi) is 11.3. The van der Waals surface area contributed by atoms with Crippen molar-refractivity contribution in [3.8, 4) is 0 Å². The molecule has 5 rings (SSSR count). The van der Waals surface area contributed by atoms with Gasteiger partial charge >= 0.3 is 6.03 Å². The average Bonchev–Trinajstić information content (AvgIpc) is 3.34. The van der Waals surface area contributed by atoms with Gasteiger partial charge < -0.3 is 31.3 Å². The van der Waals surface area contributed by atoms with E-state index in [-0.39, 0.29) is 40.5 Å². The van der Waals surface area contributed by atoms with E-state index in [1.165, 1.54) is 0 Å². The molecule has 1 aromatic carbocycles. The average molecular weight is 694 g/mol. The molecular formula is C39H59N5O6. The van der Waals surface area contributed by atoms with Gasteiger partial charge in [-0.05, 0) is 58.8 Å². The zero-order chi connectivity index (χ0) is 36.4. The Bertz CT molecular complexity index is 1410. The Balaban J connectivity index is 1.34. The number of piperidine rings is 1. The molecule has 276 valence electrons. The van der Waals surface area contributed by atoms with Crippen LogP contribution in [0.4, 0.5) is 4.79 Å². The van der Waals surface area contributed by atoms with E-state index >= 15 is 0 Å². The number of ether oxygens (including phenoxy) is 1. The number of fused-ring (bicyclic) bond motifs is 1. The van der Waals surface area contributed by atoms with Crippen LogP contribution in [0.25, 0.3) is 0 Å². The molecule has 0 aromatic heterocycles. The summed E-state index contributed by atoms with van der Waals surface area (Å²) in [5.74, 6) is -2.33. The summed E-state index contributed by atoms with van der Waals surface area (Å²) in [4.78, 5) is 69.2. The van der Waals surface area contributed by atoms with E-state index in [0.29, 0.717) is 26.2 Å². The number of rotatable bonds is 14. The van der Waals surface area contributed by atoms with E-state index in [9.17, 15) is 24.0 Å². The summed E-state index contributed by atoms with van der Waals surface area (Å²) in [7, 11) is 0. The second-order valence-electron chi connectivity index (χ2n) is 17.4. The number of hydrogen-bond acceptors (Lipinski definition) is 6. The Labute approximate surface area is 297 Å². The first-order valence-electron chi connectivity index (χ1n) is 18.7. The fourth-order valence-corrected chi connectivity index (χ4v) is 8.59. The molecule has 3 saturated carbocycles. The molecule has 0 radical (unpaired) electrons. The number of carbonyl (C=O) groups is 5. The lowest BCUT2D eigenvalue weighted by atomic mass is 9.70. The summed E-state index contributed by atoms with van der Waals surface area (Å²) in [6.07, 6.45) is 7.79. The van der Waals surface area contributed by atoms with Gasteiger partial charge in [0.2, 0.25) is 17.6 Å². The molecule has 5 N–H and O–H groups in total. The molecule has 11 nitrogen and oxygen atoms in total. The van der Waals surface area contributed by atoms with Gasteiger partial charge in [0.1, 0.15) is 12.1 Å². The van der Waals surface area contributed by atoms with Crippen LogP contribution in [0, 0.1) is 34.0 Å². The summed E-state index contributed by atoms with van der Waals surface area (Å²) < 4.78 is 6.04. The highest BCUT2D eigenvalue weighted by atomic mass is 16.5. The molecule has 0 bridgehead atoms. The largest absolute Gasteiger partial charge is 0.375 e. The zero-order valence-corrected chi connectivity index (χ0v) is 30.9. The molecule has 3 aliphatic carbocycles. The molecule has 1 unspecified atom stereocenters. The highest BCUT2D eigenvalue weighted by Crippen LogP contribution is 2.65. The van der Waals surface area contributed by atoms with Crippen molar-refractivity contribution in [1.29, 1.82) is 0 Å². The minimum atomic E-state index is -1.07. The number of benzene rings is 1. The number of ketones is 1. The molecule has 1 aliphatic heterocycles. The summed E-state index contributed by atoms with van der Waals surface area (Å²) in [6.45, 7) is 13.5. The first-order valence-corrected chi connectivity index (χ1v) is 18.7. The van der Waals surface area contributed by atoms with E-state index in [0.717, 1.165) is 56.9 Å². The number of carbonyl (C=O) groups excluding carboxylic acids is 5. The normalized spacial score (nSPS) is 25.6. The van der Waals surface area contributed by atoms with Crippen LogP contribution in [0.5, 0.6) is 0 Å². The molecule has 4 fully saturated rings. The van der Waals surface area contributed by atoms with Gasteiger partial charge in [-0.2, -0.15) is 0 Å². The van der Waals surface area contributed by atoms with Gasteiger partial charge in [-0.1, -0.05) is 110 Å². The highest BCUT2D eigenvalue weighted by molar-refractivity contribution is 6.37. The smallest absolute Gasteiger partial charge is 0.315 e. The predicted molar refractivity (Wildman–Crippen MR) is 190 cm³/mol.